The smallest absolute Gasteiger partial charge is 0.0458 e. The molecule has 2 heteroatoms. The van der Waals surface area contributed by atoms with Gasteiger partial charge in [0.2, 0.25) is 0 Å². The lowest BCUT2D eigenvalue weighted by Crippen LogP contribution is -1.93. The van der Waals surface area contributed by atoms with Crippen LogP contribution in [-0.4, -0.2) is 4.83 Å². The first-order valence-corrected chi connectivity index (χ1v) is 5.01. The quantitative estimate of drug-likeness (QED) is 0.579. The largest absolute Gasteiger partial charge is 0.0833 e. The highest BCUT2D eigenvalue weighted by atomic mass is 79.9. The summed E-state index contributed by atoms with van der Waals surface area (Å²) in [6, 6.07) is 0. The van der Waals surface area contributed by atoms with Gasteiger partial charge in [-0.05, 0) is 19.3 Å². The molecule has 0 aromatic carbocycles. The Morgan fingerprint density at radius 2 is 2.22 bits per heavy atom. The molecule has 0 radical (unpaired) electrons. The normalized spacial score (nSPS) is 29.1. The zero-order valence-corrected chi connectivity index (χ0v) is 8.41. The van der Waals surface area contributed by atoms with Crippen LogP contribution in [0.1, 0.15) is 25.7 Å². The lowest BCUT2D eigenvalue weighted by Gasteiger charge is -2.02. The molecule has 0 aromatic rings. The van der Waals surface area contributed by atoms with Crippen LogP contribution in [0.2, 0.25) is 0 Å². The molecule has 0 aromatic heterocycles. The molecule has 1 atom stereocenters. The predicted octanol–water partition coefficient (Wildman–Crippen LogP) is 3.60. The lowest BCUT2D eigenvalue weighted by molar-refractivity contribution is 0.727. The van der Waals surface area contributed by atoms with Crippen molar-refractivity contribution in [2.75, 3.05) is 0 Å². The van der Waals surface area contributed by atoms with Gasteiger partial charge in [0.15, 0.2) is 0 Å². The average molecular weight is 254 g/mol. The SMILES string of the molecule is BrC1=CCCCCC1Br. The fourth-order valence-corrected chi connectivity index (χ4v) is 1.94. The first kappa shape index (κ1) is 7.80. The Balaban J connectivity index is 2.51. The van der Waals surface area contributed by atoms with Crippen LogP contribution in [-0.2, 0) is 0 Å². The summed E-state index contributed by atoms with van der Waals surface area (Å²) in [6.45, 7) is 0. The number of hydrogen-bond donors (Lipinski definition) is 0. The highest BCUT2D eigenvalue weighted by molar-refractivity contribution is 9.14. The third-order valence-corrected chi connectivity index (χ3v) is 3.99. The van der Waals surface area contributed by atoms with E-state index < -0.39 is 0 Å². The van der Waals surface area contributed by atoms with Gasteiger partial charge in [-0.1, -0.05) is 44.4 Å². The van der Waals surface area contributed by atoms with Crippen molar-refractivity contribution in [3.63, 3.8) is 0 Å². The first-order valence-electron chi connectivity index (χ1n) is 3.30. The summed E-state index contributed by atoms with van der Waals surface area (Å²) < 4.78 is 1.33. The molecule has 1 aliphatic rings. The second-order valence-corrected chi connectivity index (χ2v) is 4.36. The topological polar surface area (TPSA) is 0 Å². The summed E-state index contributed by atoms with van der Waals surface area (Å²) >= 11 is 7.11. The van der Waals surface area contributed by atoms with Gasteiger partial charge in [-0.3, -0.25) is 0 Å². The third-order valence-electron chi connectivity index (χ3n) is 1.55. The number of halogens is 2. The summed E-state index contributed by atoms with van der Waals surface area (Å²) in [5.74, 6) is 0. The minimum atomic E-state index is 0.583. The molecule has 0 heterocycles. The Morgan fingerprint density at radius 1 is 1.44 bits per heavy atom. The fraction of sp³-hybridized carbons (Fsp3) is 0.714. The van der Waals surface area contributed by atoms with E-state index >= 15 is 0 Å². The van der Waals surface area contributed by atoms with Gasteiger partial charge in [0.05, 0.1) is 0 Å². The van der Waals surface area contributed by atoms with E-state index in [1.54, 1.807) is 0 Å². The number of hydrogen-bond acceptors (Lipinski definition) is 0. The molecular formula is C7H10Br2. The molecular weight excluding hydrogens is 244 g/mol. The Hall–Kier alpha value is 0.700. The monoisotopic (exact) mass is 252 g/mol. The molecule has 1 aliphatic carbocycles. The van der Waals surface area contributed by atoms with Gasteiger partial charge < -0.3 is 0 Å². The minimum Gasteiger partial charge on any atom is -0.0833 e. The number of allylic oxidation sites excluding steroid dienone is 2. The second kappa shape index (κ2) is 3.77. The maximum atomic E-state index is 3.59. The van der Waals surface area contributed by atoms with Crippen LogP contribution >= 0.6 is 31.9 Å². The number of rotatable bonds is 0. The van der Waals surface area contributed by atoms with E-state index in [0.29, 0.717) is 4.83 Å². The molecule has 0 bridgehead atoms. The van der Waals surface area contributed by atoms with Gasteiger partial charge in [0.1, 0.15) is 0 Å². The molecule has 0 fully saturated rings. The van der Waals surface area contributed by atoms with Crippen LogP contribution in [0.25, 0.3) is 0 Å². The summed E-state index contributed by atoms with van der Waals surface area (Å²) in [5, 5.41) is 0. The fourth-order valence-electron chi connectivity index (χ4n) is 0.974. The second-order valence-electron chi connectivity index (χ2n) is 2.34. The van der Waals surface area contributed by atoms with Crippen LogP contribution in [0.3, 0.4) is 0 Å². The molecule has 0 saturated heterocycles. The maximum Gasteiger partial charge on any atom is 0.0458 e. The Labute approximate surface area is 73.0 Å². The molecule has 0 spiro atoms. The van der Waals surface area contributed by atoms with E-state index in [1.165, 1.54) is 30.2 Å². The van der Waals surface area contributed by atoms with Crippen LogP contribution in [0.15, 0.2) is 10.6 Å². The van der Waals surface area contributed by atoms with Crippen molar-refractivity contribution in [1.29, 1.82) is 0 Å². The Kier molecular flexibility index (Phi) is 3.27. The van der Waals surface area contributed by atoms with Crippen molar-refractivity contribution in [3.8, 4) is 0 Å². The standard InChI is InChI=1S/C7H10Br2/c8-6-4-2-1-3-5-7(6)9/h4,7H,1-3,5H2. The van der Waals surface area contributed by atoms with Crippen LogP contribution in [0.5, 0.6) is 0 Å². The minimum absolute atomic E-state index is 0.583. The van der Waals surface area contributed by atoms with E-state index in [-0.39, 0.29) is 0 Å². The molecule has 0 N–H and O–H groups in total. The highest BCUT2D eigenvalue weighted by Crippen LogP contribution is 2.27. The molecule has 0 aliphatic heterocycles. The van der Waals surface area contributed by atoms with Crippen molar-refractivity contribution in [3.05, 3.63) is 10.6 Å². The lowest BCUT2D eigenvalue weighted by atomic mass is 10.2. The summed E-state index contributed by atoms with van der Waals surface area (Å²) in [4.78, 5) is 0.583. The van der Waals surface area contributed by atoms with Crippen molar-refractivity contribution < 1.29 is 0 Å². The third kappa shape index (κ3) is 2.42. The zero-order chi connectivity index (χ0) is 6.69. The zero-order valence-electron chi connectivity index (χ0n) is 5.24. The van der Waals surface area contributed by atoms with Gasteiger partial charge in [0.25, 0.3) is 0 Å². The van der Waals surface area contributed by atoms with Crippen LogP contribution < -0.4 is 0 Å². The average Bonchev–Trinajstić information content (AvgIpc) is 1.99. The molecule has 52 valence electrons. The summed E-state index contributed by atoms with van der Waals surface area (Å²) in [6.07, 6.45) is 7.48. The maximum absolute atomic E-state index is 3.59. The van der Waals surface area contributed by atoms with E-state index in [2.05, 4.69) is 37.9 Å². The van der Waals surface area contributed by atoms with E-state index in [4.69, 9.17) is 0 Å². The molecule has 0 nitrogen and oxygen atoms in total. The van der Waals surface area contributed by atoms with Crippen molar-refractivity contribution in [2.24, 2.45) is 0 Å². The predicted molar refractivity (Wildman–Crippen MR) is 48.2 cm³/mol. The van der Waals surface area contributed by atoms with Gasteiger partial charge in [-0.2, -0.15) is 0 Å². The van der Waals surface area contributed by atoms with Gasteiger partial charge in [0, 0.05) is 9.31 Å². The highest BCUT2D eigenvalue weighted by Gasteiger charge is 2.09. The van der Waals surface area contributed by atoms with Crippen LogP contribution in [0.4, 0.5) is 0 Å². The first-order chi connectivity index (χ1) is 4.30. The van der Waals surface area contributed by atoms with Crippen molar-refractivity contribution in [1.82, 2.24) is 0 Å². The summed E-state index contributed by atoms with van der Waals surface area (Å²) in [5.41, 5.74) is 0. The molecule has 0 amide bonds. The van der Waals surface area contributed by atoms with Crippen molar-refractivity contribution >= 4 is 31.9 Å². The number of alkyl halides is 1. The molecule has 1 unspecified atom stereocenters. The van der Waals surface area contributed by atoms with Gasteiger partial charge >= 0.3 is 0 Å². The van der Waals surface area contributed by atoms with Crippen molar-refractivity contribution in [2.45, 2.75) is 30.5 Å². The van der Waals surface area contributed by atoms with Gasteiger partial charge in [-0.25, -0.2) is 0 Å². The Bertz CT molecular complexity index is 118. The van der Waals surface area contributed by atoms with E-state index in [0.717, 1.165) is 0 Å². The van der Waals surface area contributed by atoms with Gasteiger partial charge in [-0.15, -0.1) is 0 Å². The Morgan fingerprint density at radius 3 is 3.00 bits per heavy atom. The van der Waals surface area contributed by atoms with E-state index in [9.17, 15) is 0 Å². The van der Waals surface area contributed by atoms with E-state index in [1.807, 2.05) is 0 Å². The molecule has 9 heavy (non-hydrogen) atoms. The molecule has 0 saturated carbocycles. The summed E-state index contributed by atoms with van der Waals surface area (Å²) in [7, 11) is 0. The molecule has 1 rings (SSSR count). The van der Waals surface area contributed by atoms with Crippen LogP contribution in [0, 0.1) is 0 Å².